The van der Waals surface area contributed by atoms with Gasteiger partial charge >= 0.3 is 0 Å². The Bertz CT molecular complexity index is 325. The van der Waals surface area contributed by atoms with Crippen molar-refractivity contribution in [3.63, 3.8) is 0 Å². The van der Waals surface area contributed by atoms with Crippen LogP contribution in [0.3, 0.4) is 0 Å². The number of hydrogen-bond acceptors (Lipinski definition) is 3. The summed E-state index contributed by atoms with van der Waals surface area (Å²) in [7, 11) is 0. The molecule has 1 heterocycles. The minimum absolute atomic E-state index is 0.358. The van der Waals surface area contributed by atoms with Crippen LogP contribution in [0.4, 0.5) is 0 Å². The molecule has 0 aromatic carbocycles. The zero-order chi connectivity index (χ0) is 13.4. The Morgan fingerprint density at radius 3 is 2.67 bits per heavy atom. The lowest BCUT2D eigenvalue weighted by Crippen LogP contribution is -2.16. The van der Waals surface area contributed by atoms with Crippen LogP contribution in [-0.4, -0.2) is 18.1 Å². The Kier molecular flexibility index (Phi) is 6.41. The molecule has 0 aliphatic rings. The van der Waals surface area contributed by atoms with Crippen molar-refractivity contribution in [3.05, 3.63) is 17.8 Å². The largest absolute Gasteiger partial charge is 0.446 e. The van der Waals surface area contributed by atoms with Crippen LogP contribution in [0.15, 0.2) is 10.6 Å². The van der Waals surface area contributed by atoms with Crippen molar-refractivity contribution in [3.8, 4) is 0 Å². The van der Waals surface area contributed by atoms with Gasteiger partial charge < -0.3 is 9.73 Å². The smallest absolute Gasteiger partial charge is 0.194 e. The van der Waals surface area contributed by atoms with E-state index >= 15 is 0 Å². The maximum atomic E-state index is 5.75. The van der Waals surface area contributed by atoms with Crippen LogP contribution < -0.4 is 5.32 Å². The monoisotopic (exact) mass is 252 g/mol. The Morgan fingerprint density at radius 2 is 2.00 bits per heavy atom. The number of oxazole rings is 1. The number of aryl methyl sites for hydroxylation is 2. The summed E-state index contributed by atoms with van der Waals surface area (Å²) in [5.41, 5.74) is 0.358. The summed E-state index contributed by atoms with van der Waals surface area (Å²) in [6, 6.07) is 0. The van der Waals surface area contributed by atoms with Gasteiger partial charge in [0.2, 0.25) is 0 Å². The summed E-state index contributed by atoms with van der Waals surface area (Å²) in [6.45, 7) is 11.1. The van der Waals surface area contributed by atoms with Crippen molar-refractivity contribution in [2.45, 2.75) is 59.8 Å². The molecule has 0 amide bonds. The second-order valence-corrected chi connectivity index (χ2v) is 6.13. The zero-order valence-corrected chi connectivity index (χ0v) is 12.4. The van der Waals surface area contributed by atoms with E-state index in [0.717, 1.165) is 50.4 Å². The molecule has 3 nitrogen and oxygen atoms in total. The van der Waals surface area contributed by atoms with Gasteiger partial charge in [-0.25, -0.2) is 4.98 Å². The molecule has 0 atom stereocenters. The van der Waals surface area contributed by atoms with E-state index in [2.05, 4.69) is 38.0 Å². The van der Waals surface area contributed by atoms with Crippen molar-refractivity contribution in [2.75, 3.05) is 13.1 Å². The molecule has 104 valence electrons. The first-order valence-electron chi connectivity index (χ1n) is 7.15. The summed E-state index contributed by atoms with van der Waals surface area (Å²) in [5.74, 6) is 1.92. The Morgan fingerprint density at radius 1 is 1.22 bits per heavy atom. The first-order valence-corrected chi connectivity index (χ1v) is 7.15. The van der Waals surface area contributed by atoms with Crippen LogP contribution in [0.1, 0.15) is 58.6 Å². The van der Waals surface area contributed by atoms with E-state index in [1.54, 1.807) is 0 Å². The quantitative estimate of drug-likeness (QED) is 0.719. The molecule has 0 aliphatic heterocycles. The predicted octanol–water partition coefficient (Wildman–Crippen LogP) is 3.59. The maximum absolute atomic E-state index is 5.75. The number of nitrogens with zero attached hydrogens (tertiary/aromatic N) is 1. The molecule has 1 rings (SSSR count). The van der Waals surface area contributed by atoms with Crippen molar-refractivity contribution in [1.29, 1.82) is 0 Å². The molecular formula is C15H28N2O. The van der Waals surface area contributed by atoms with Gasteiger partial charge in [0.15, 0.2) is 5.89 Å². The molecule has 0 saturated carbocycles. The third kappa shape index (κ3) is 6.80. The van der Waals surface area contributed by atoms with Crippen molar-refractivity contribution in [1.82, 2.24) is 10.3 Å². The molecule has 0 radical (unpaired) electrons. The first-order chi connectivity index (χ1) is 8.51. The fourth-order valence-corrected chi connectivity index (χ4v) is 1.74. The van der Waals surface area contributed by atoms with Gasteiger partial charge in [-0.1, -0.05) is 27.7 Å². The highest BCUT2D eigenvalue weighted by Gasteiger charge is 2.12. The summed E-state index contributed by atoms with van der Waals surface area (Å²) < 4.78 is 5.75. The Balaban J connectivity index is 2.22. The van der Waals surface area contributed by atoms with Crippen LogP contribution in [0.5, 0.6) is 0 Å². The number of nitrogens with one attached hydrogen (secondary N) is 1. The van der Waals surface area contributed by atoms with Gasteiger partial charge in [-0.15, -0.1) is 0 Å². The van der Waals surface area contributed by atoms with E-state index < -0.39 is 0 Å². The van der Waals surface area contributed by atoms with E-state index in [1.165, 1.54) is 6.42 Å². The van der Waals surface area contributed by atoms with Gasteiger partial charge in [0.05, 0.1) is 6.20 Å². The summed E-state index contributed by atoms with van der Waals surface area (Å²) in [6.07, 6.45) is 7.24. The fourth-order valence-electron chi connectivity index (χ4n) is 1.74. The van der Waals surface area contributed by atoms with E-state index in [-0.39, 0.29) is 0 Å². The molecule has 0 fully saturated rings. The molecule has 0 bridgehead atoms. The third-order valence-corrected chi connectivity index (χ3v) is 2.89. The van der Waals surface area contributed by atoms with Crippen LogP contribution in [0.25, 0.3) is 0 Å². The van der Waals surface area contributed by atoms with Gasteiger partial charge in [0.25, 0.3) is 0 Å². The Hall–Kier alpha value is -0.830. The topological polar surface area (TPSA) is 38.1 Å². The number of rotatable bonds is 8. The normalized spacial score (nSPS) is 12.0. The van der Waals surface area contributed by atoms with Crippen LogP contribution in [0.2, 0.25) is 0 Å². The second kappa shape index (κ2) is 7.57. The van der Waals surface area contributed by atoms with Gasteiger partial charge in [-0.05, 0) is 37.8 Å². The minimum Gasteiger partial charge on any atom is -0.446 e. The molecular weight excluding hydrogens is 224 g/mol. The number of aromatic nitrogens is 1. The average molecular weight is 252 g/mol. The van der Waals surface area contributed by atoms with Gasteiger partial charge in [-0.2, -0.15) is 0 Å². The molecule has 3 heteroatoms. The summed E-state index contributed by atoms with van der Waals surface area (Å²) in [5, 5.41) is 3.39. The highest BCUT2D eigenvalue weighted by Crippen LogP contribution is 2.21. The lowest BCUT2D eigenvalue weighted by Gasteiger charge is -2.16. The van der Waals surface area contributed by atoms with E-state index in [9.17, 15) is 0 Å². The second-order valence-electron chi connectivity index (χ2n) is 6.13. The lowest BCUT2D eigenvalue weighted by molar-refractivity contribution is 0.353. The molecule has 1 aromatic rings. The third-order valence-electron chi connectivity index (χ3n) is 2.89. The molecule has 0 aliphatic carbocycles. The standard InChI is InChI=1S/C15H28N2O/c1-5-10-16-11-6-7-14-17-12-13(18-14)8-9-15(2,3)4/h12,16H,5-11H2,1-4H3. The minimum atomic E-state index is 0.358. The van der Waals surface area contributed by atoms with Crippen molar-refractivity contribution < 1.29 is 4.42 Å². The fraction of sp³-hybridized carbons (Fsp3) is 0.800. The Labute approximate surface area is 111 Å². The van der Waals surface area contributed by atoms with Crippen molar-refractivity contribution >= 4 is 0 Å². The van der Waals surface area contributed by atoms with Gasteiger partial charge in [-0.3, -0.25) is 0 Å². The molecule has 1 N–H and O–H groups in total. The number of hydrogen-bond donors (Lipinski definition) is 1. The zero-order valence-electron chi connectivity index (χ0n) is 12.4. The molecule has 18 heavy (non-hydrogen) atoms. The van der Waals surface area contributed by atoms with Gasteiger partial charge in [0.1, 0.15) is 5.76 Å². The SMILES string of the molecule is CCCNCCCc1ncc(CCC(C)(C)C)o1. The van der Waals surface area contributed by atoms with Crippen molar-refractivity contribution in [2.24, 2.45) is 5.41 Å². The van der Waals surface area contributed by atoms with E-state index in [4.69, 9.17) is 4.42 Å². The first kappa shape index (κ1) is 15.2. The van der Waals surface area contributed by atoms with Crippen LogP contribution >= 0.6 is 0 Å². The van der Waals surface area contributed by atoms with Gasteiger partial charge in [0, 0.05) is 12.8 Å². The average Bonchev–Trinajstić information content (AvgIpc) is 2.73. The maximum Gasteiger partial charge on any atom is 0.194 e. The summed E-state index contributed by atoms with van der Waals surface area (Å²) in [4.78, 5) is 4.34. The van der Waals surface area contributed by atoms with Crippen LogP contribution in [-0.2, 0) is 12.8 Å². The molecule has 1 aromatic heterocycles. The predicted molar refractivity (Wildman–Crippen MR) is 75.8 cm³/mol. The summed E-state index contributed by atoms with van der Waals surface area (Å²) >= 11 is 0. The molecule has 0 spiro atoms. The van der Waals surface area contributed by atoms with E-state index in [1.807, 2.05) is 6.20 Å². The van der Waals surface area contributed by atoms with E-state index in [0.29, 0.717) is 5.41 Å². The molecule has 0 unspecified atom stereocenters. The molecule has 0 saturated heterocycles. The highest BCUT2D eigenvalue weighted by atomic mass is 16.4. The van der Waals surface area contributed by atoms with Crippen LogP contribution in [0, 0.1) is 5.41 Å². The highest BCUT2D eigenvalue weighted by molar-refractivity contribution is 4.95. The lowest BCUT2D eigenvalue weighted by atomic mass is 9.90.